The van der Waals surface area contributed by atoms with Crippen molar-refractivity contribution in [3.05, 3.63) is 70.4 Å². The van der Waals surface area contributed by atoms with E-state index in [1.165, 1.54) is 11.1 Å². The first-order valence-electron chi connectivity index (χ1n) is 11.1. The highest BCUT2D eigenvalue weighted by atomic mass is 16.5. The number of fused-ring (bicyclic) bond motifs is 3. The second kappa shape index (κ2) is 9.03. The Kier molecular flexibility index (Phi) is 5.97. The molecule has 2 aromatic carbocycles. The molecular weight excluding hydrogens is 406 g/mol. The summed E-state index contributed by atoms with van der Waals surface area (Å²) in [5.74, 6) is 1.96. The number of aliphatic hydroxyl groups is 2. The summed E-state index contributed by atoms with van der Waals surface area (Å²) in [4.78, 5) is 2.35. The maximum atomic E-state index is 10.8. The second-order valence-electron chi connectivity index (χ2n) is 8.70. The van der Waals surface area contributed by atoms with E-state index in [1.807, 2.05) is 24.3 Å². The molecule has 0 saturated carbocycles. The zero-order valence-corrected chi connectivity index (χ0v) is 18.3. The van der Waals surface area contributed by atoms with Crippen molar-refractivity contribution in [1.29, 1.82) is 0 Å². The van der Waals surface area contributed by atoms with Gasteiger partial charge in [0.1, 0.15) is 11.4 Å². The van der Waals surface area contributed by atoms with Crippen molar-refractivity contribution in [2.24, 2.45) is 5.92 Å². The lowest BCUT2D eigenvalue weighted by Crippen LogP contribution is -2.47. The average molecular weight is 436 g/mol. The summed E-state index contributed by atoms with van der Waals surface area (Å²) in [7, 11) is 1.64. The van der Waals surface area contributed by atoms with Gasteiger partial charge in [0.05, 0.1) is 7.11 Å². The second-order valence-corrected chi connectivity index (χ2v) is 8.70. The molecule has 0 radical (unpaired) electrons. The summed E-state index contributed by atoms with van der Waals surface area (Å²) < 4.78 is 11.1. The van der Waals surface area contributed by atoms with Crippen molar-refractivity contribution in [3.8, 4) is 17.1 Å². The van der Waals surface area contributed by atoms with Crippen LogP contribution in [0.5, 0.6) is 5.75 Å². The number of aryl methyl sites for hydroxylation is 1. The number of nitrogens with zero attached hydrogens (tertiary/aromatic N) is 2. The number of benzene rings is 2. The molecule has 0 amide bonds. The van der Waals surface area contributed by atoms with Gasteiger partial charge >= 0.3 is 0 Å². The Balaban J connectivity index is 1.28. The fraction of sp³-hybridized carbons (Fsp3) is 0.400. The first kappa shape index (κ1) is 21.2. The Hall–Kier alpha value is -2.71. The molecule has 3 N–H and O–H groups in total. The van der Waals surface area contributed by atoms with Crippen LogP contribution in [-0.4, -0.2) is 47.1 Å². The van der Waals surface area contributed by atoms with Gasteiger partial charge in [-0.05, 0) is 30.0 Å². The summed E-state index contributed by atoms with van der Waals surface area (Å²) in [5.41, 5.74) is 6.09. The molecule has 1 aliphatic carbocycles. The fourth-order valence-electron chi connectivity index (χ4n) is 4.75. The fourth-order valence-corrected chi connectivity index (χ4v) is 4.75. The van der Waals surface area contributed by atoms with E-state index in [1.54, 1.807) is 7.11 Å². The third-order valence-corrected chi connectivity index (χ3v) is 6.51. The number of rotatable bonds is 8. The van der Waals surface area contributed by atoms with Crippen LogP contribution in [0.25, 0.3) is 11.3 Å². The molecule has 5 rings (SSSR count). The maximum Gasteiger partial charge on any atom is 0.170 e. The van der Waals surface area contributed by atoms with Crippen LogP contribution in [0.4, 0.5) is 0 Å². The predicted molar refractivity (Wildman–Crippen MR) is 120 cm³/mol. The molecule has 1 aliphatic heterocycles. The van der Waals surface area contributed by atoms with Crippen LogP contribution in [-0.2, 0) is 25.9 Å². The quantitative estimate of drug-likeness (QED) is 0.469. The van der Waals surface area contributed by atoms with Crippen LogP contribution < -0.4 is 10.1 Å². The number of nitrogens with one attached hydrogen (secondary N) is 1. The van der Waals surface area contributed by atoms with Crippen molar-refractivity contribution < 1.29 is 19.5 Å². The van der Waals surface area contributed by atoms with Gasteiger partial charge in [-0.1, -0.05) is 41.6 Å². The third-order valence-electron chi connectivity index (χ3n) is 6.51. The first-order valence-corrected chi connectivity index (χ1v) is 11.1. The summed E-state index contributed by atoms with van der Waals surface area (Å²) in [5, 5.41) is 27.3. The van der Waals surface area contributed by atoms with E-state index in [2.05, 4.69) is 33.6 Å². The highest BCUT2D eigenvalue weighted by Gasteiger charge is 2.29. The standard InChI is InChI=1S/C25H29N3O4/c1-31-22-5-3-2-4-19(22)11-26-25(30)23-21-9-7-18-10-16(12-28-13-17(14-28)15-29)6-8-20(18)24(21)32-27-23/h2-6,8,10,17,25-26,29-30H,7,9,11-15H2,1H3. The molecule has 2 aliphatic rings. The van der Waals surface area contributed by atoms with Gasteiger partial charge in [-0.15, -0.1) is 0 Å². The molecule has 1 unspecified atom stereocenters. The molecule has 0 bridgehead atoms. The summed E-state index contributed by atoms with van der Waals surface area (Å²) in [6, 6.07) is 14.2. The number of aliphatic hydroxyl groups excluding tert-OH is 2. The molecule has 168 valence electrons. The van der Waals surface area contributed by atoms with Crippen molar-refractivity contribution in [1.82, 2.24) is 15.4 Å². The molecule has 1 saturated heterocycles. The Morgan fingerprint density at radius 3 is 2.88 bits per heavy atom. The van der Waals surface area contributed by atoms with E-state index in [-0.39, 0.29) is 6.61 Å². The van der Waals surface area contributed by atoms with Gasteiger partial charge < -0.3 is 19.5 Å². The molecule has 1 fully saturated rings. The minimum Gasteiger partial charge on any atom is -0.496 e. The van der Waals surface area contributed by atoms with Gasteiger partial charge in [-0.3, -0.25) is 10.2 Å². The van der Waals surface area contributed by atoms with E-state index in [0.717, 1.165) is 60.7 Å². The molecule has 2 heterocycles. The van der Waals surface area contributed by atoms with Gasteiger partial charge in [-0.25, -0.2) is 0 Å². The van der Waals surface area contributed by atoms with Crippen LogP contribution in [0.2, 0.25) is 0 Å². The number of para-hydroxylation sites is 1. The van der Waals surface area contributed by atoms with Crippen LogP contribution in [0, 0.1) is 5.92 Å². The first-order chi connectivity index (χ1) is 15.7. The largest absolute Gasteiger partial charge is 0.496 e. The Bertz CT molecular complexity index is 1090. The lowest BCUT2D eigenvalue weighted by atomic mass is 9.88. The van der Waals surface area contributed by atoms with Gasteiger partial charge in [0.2, 0.25) is 0 Å². The van der Waals surface area contributed by atoms with Crippen LogP contribution in [0.3, 0.4) is 0 Å². The minimum atomic E-state index is -0.917. The zero-order valence-electron chi connectivity index (χ0n) is 18.3. The van der Waals surface area contributed by atoms with Gasteiger partial charge in [0.25, 0.3) is 0 Å². The SMILES string of the molecule is COc1ccccc1CNC(O)c1noc2c1CCc1cc(CN3CC(CO)C3)ccc1-2. The third kappa shape index (κ3) is 4.04. The lowest BCUT2D eigenvalue weighted by Gasteiger charge is -2.38. The van der Waals surface area contributed by atoms with E-state index >= 15 is 0 Å². The summed E-state index contributed by atoms with van der Waals surface area (Å²) in [6.45, 7) is 3.56. The highest BCUT2D eigenvalue weighted by molar-refractivity contribution is 5.69. The van der Waals surface area contributed by atoms with Crippen LogP contribution >= 0.6 is 0 Å². The van der Waals surface area contributed by atoms with Crippen LogP contribution in [0.1, 0.15) is 34.2 Å². The molecule has 32 heavy (non-hydrogen) atoms. The topological polar surface area (TPSA) is 91.0 Å². The maximum absolute atomic E-state index is 10.8. The van der Waals surface area contributed by atoms with Gasteiger partial charge in [0, 0.05) is 55.4 Å². The Morgan fingerprint density at radius 2 is 2.06 bits per heavy atom. The number of likely N-dealkylation sites (tertiary alicyclic amines) is 1. The Morgan fingerprint density at radius 1 is 1.22 bits per heavy atom. The number of hydrogen-bond donors (Lipinski definition) is 3. The Labute approximate surface area is 187 Å². The van der Waals surface area contributed by atoms with Crippen molar-refractivity contribution in [2.75, 3.05) is 26.8 Å². The molecule has 3 aromatic rings. The van der Waals surface area contributed by atoms with E-state index < -0.39 is 6.23 Å². The van der Waals surface area contributed by atoms with Gasteiger partial charge in [-0.2, -0.15) is 0 Å². The van der Waals surface area contributed by atoms with Crippen LogP contribution in [0.15, 0.2) is 47.0 Å². The molecule has 1 atom stereocenters. The molecule has 7 heteroatoms. The average Bonchev–Trinajstić information content (AvgIpc) is 3.24. The van der Waals surface area contributed by atoms with Crippen molar-refractivity contribution in [2.45, 2.75) is 32.2 Å². The summed E-state index contributed by atoms with van der Waals surface area (Å²) >= 11 is 0. The molecule has 0 spiro atoms. The van der Waals surface area contributed by atoms with Crippen molar-refractivity contribution in [3.63, 3.8) is 0 Å². The number of aromatic nitrogens is 1. The smallest absolute Gasteiger partial charge is 0.170 e. The van der Waals surface area contributed by atoms with E-state index in [4.69, 9.17) is 9.26 Å². The molecule has 1 aromatic heterocycles. The highest BCUT2D eigenvalue weighted by Crippen LogP contribution is 2.37. The minimum absolute atomic E-state index is 0.275. The van der Waals surface area contributed by atoms with Gasteiger partial charge in [0.15, 0.2) is 12.0 Å². The normalized spacial score (nSPS) is 16.8. The van der Waals surface area contributed by atoms with E-state index in [0.29, 0.717) is 18.2 Å². The molecule has 7 nitrogen and oxygen atoms in total. The number of methoxy groups -OCH3 is 1. The predicted octanol–water partition coefficient (Wildman–Crippen LogP) is 2.65. The molecular formula is C25H29N3O4. The van der Waals surface area contributed by atoms with Crippen molar-refractivity contribution >= 4 is 0 Å². The number of hydrogen-bond acceptors (Lipinski definition) is 7. The summed E-state index contributed by atoms with van der Waals surface area (Å²) in [6.07, 6.45) is 0.760. The van der Waals surface area contributed by atoms with E-state index in [9.17, 15) is 10.2 Å². The monoisotopic (exact) mass is 435 g/mol. The number of ether oxygens (including phenoxy) is 1. The zero-order chi connectivity index (χ0) is 22.1. The lowest BCUT2D eigenvalue weighted by molar-refractivity contribution is 0.0479.